The second-order valence-corrected chi connectivity index (χ2v) is 8.87. The molecule has 2 aromatic carbocycles. The van der Waals surface area contributed by atoms with E-state index in [-0.39, 0.29) is 5.37 Å². The number of rotatable bonds is 1. The molecule has 1 heterocycles. The summed E-state index contributed by atoms with van der Waals surface area (Å²) in [5, 5.41) is 0.224. The summed E-state index contributed by atoms with van der Waals surface area (Å²) < 4.78 is 28.5. The zero-order valence-electron chi connectivity index (χ0n) is 10.9. The van der Waals surface area contributed by atoms with Crippen LogP contribution in [0.3, 0.4) is 0 Å². The van der Waals surface area contributed by atoms with E-state index >= 15 is 0 Å². The summed E-state index contributed by atoms with van der Waals surface area (Å²) in [6.45, 7) is 1.80. The summed E-state index contributed by atoms with van der Waals surface area (Å²) in [5.41, 5.74) is 1.65. The molecule has 0 saturated carbocycles. The van der Waals surface area contributed by atoms with Crippen molar-refractivity contribution in [1.29, 1.82) is 0 Å². The summed E-state index contributed by atoms with van der Waals surface area (Å²) in [5.74, 6) is 0. The zero-order valence-corrected chi connectivity index (χ0v) is 14.9. The molecule has 1 atom stereocenters. The van der Waals surface area contributed by atoms with Crippen LogP contribution >= 0.6 is 39.3 Å². The molecule has 21 heavy (non-hydrogen) atoms. The molecular weight excluding hydrogens is 394 g/mol. The fraction of sp³-hybridized carbons (Fsp3) is 0.143. The fourth-order valence-electron chi connectivity index (χ4n) is 2.07. The third kappa shape index (κ3) is 3.00. The molecule has 2 aromatic rings. The van der Waals surface area contributed by atoms with Crippen molar-refractivity contribution in [2.75, 3.05) is 0 Å². The van der Waals surface area contributed by atoms with Gasteiger partial charge >= 0.3 is 0 Å². The second kappa shape index (κ2) is 5.59. The Labute approximate surface area is 141 Å². The lowest BCUT2D eigenvalue weighted by Gasteiger charge is -2.26. The molecule has 110 valence electrons. The van der Waals surface area contributed by atoms with Gasteiger partial charge in [0.15, 0.2) is 0 Å². The average Bonchev–Trinajstić information content (AvgIpc) is 2.41. The maximum absolute atomic E-state index is 12.4. The van der Waals surface area contributed by atoms with Crippen molar-refractivity contribution in [3.8, 4) is 0 Å². The molecule has 3 rings (SSSR count). The van der Waals surface area contributed by atoms with Crippen LogP contribution in [0.4, 0.5) is 0 Å². The molecule has 0 saturated heterocycles. The van der Waals surface area contributed by atoms with E-state index in [0.29, 0.717) is 14.8 Å². The van der Waals surface area contributed by atoms with Gasteiger partial charge in [-0.25, -0.2) is 8.42 Å². The summed E-state index contributed by atoms with van der Waals surface area (Å²) in [7, 11) is -3.53. The normalized spacial score (nSPS) is 20.0. The Morgan fingerprint density at radius 1 is 1.24 bits per heavy atom. The van der Waals surface area contributed by atoms with Gasteiger partial charge in [0.2, 0.25) is 10.0 Å². The van der Waals surface area contributed by atoms with Crippen LogP contribution in [-0.4, -0.2) is 8.42 Å². The number of hydrogen-bond acceptors (Lipinski definition) is 3. The second-order valence-electron chi connectivity index (χ2n) is 4.72. The van der Waals surface area contributed by atoms with Crippen molar-refractivity contribution in [2.24, 2.45) is 0 Å². The summed E-state index contributed by atoms with van der Waals surface area (Å²) in [6.07, 6.45) is 0. The molecule has 1 aliphatic heterocycles. The lowest BCUT2D eigenvalue weighted by atomic mass is 10.2. The first-order valence-corrected chi connectivity index (χ1v) is 9.65. The van der Waals surface area contributed by atoms with Gasteiger partial charge in [-0.15, -0.1) is 0 Å². The summed E-state index contributed by atoms with van der Waals surface area (Å²) in [6, 6.07) is 10.9. The maximum atomic E-state index is 12.4. The van der Waals surface area contributed by atoms with Crippen LogP contribution in [0.1, 0.15) is 16.5 Å². The van der Waals surface area contributed by atoms with Crippen molar-refractivity contribution >= 4 is 49.3 Å². The van der Waals surface area contributed by atoms with Crippen LogP contribution in [-0.2, 0) is 10.0 Å². The fourth-order valence-corrected chi connectivity index (χ4v) is 5.72. The van der Waals surface area contributed by atoms with Crippen molar-refractivity contribution in [1.82, 2.24) is 4.72 Å². The molecule has 0 fully saturated rings. The molecule has 0 spiro atoms. The van der Waals surface area contributed by atoms with Crippen LogP contribution in [0.25, 0.3) is 0 Å². The first-order valence-electron chi connectivity index (χ1n) is 6.11. The van der Waals surface area contributed by atoms with Crippen LogP contribution < -0.4 is 4.72 Å². The van der Waals surface area contributed by atoms with Gasteiger partial charge in [-0.3, -0.25) is 0 Å². The molecule has 1 aliphatic rings. The van der Waals surface area contributed by atoms with Gasteiger partial charge in [-0.1, -0.05) is 51.4 Å². The van der Waals surface area contributed by atoms with Crippen molar-refractivity contribution < 1.29 is 8.42 Å². The predicted octanol–water partition coefficient (Wildman–Crippen LogP) is 4.49. The van der Waals surface area contributed by atoms with Gasteiger partial charge < -0.3 is 0 Å². The van der Waals surface area contributed by atoms with E-state index < -0.39 is 10.0 Å². The smallest absolute Gasteiger partial charge is 0.207 e. The zero-order chi connectivity index (χ0) is 15.2. The Morgan fingerprint density at radius 3 is 2.57 bits per heavy atom. The van der Waals surface area contributed by atoms with Gasteiger partial charge in [0.05, 0.1) is 10.3 Å². The van der Waals surface area contributed by atoms with Gasteiger partial charge in [0.1, 0.15) is 0 Å². The van der Waals surface area contributed by atoms with Crippen LogP contribution in [0.5, 0.6) is 0 Å². The van der Waals surface area contributed by atoms with Crippen LogP contribution in [0, 0.1) is 6.92 Å². The van der Waals surface area contributed by atoms with E-state index in [4.69, 9.17) is 11.6 Å². The number of aryl methyl sites for hydroxylation is 1. The minimum absolute atomic E-state index is 0.294. The van der Waals surface area contributed by atoms with E-state index in [1.165, 1.54) is 11.8 Å². The van der Waals surface area contributed by atoms with Gasteiger partial charge in [-0.2, -0.15) is 4.72 Å². The molecule has 0 bridgehead atoms. The number of nitrogens with one attached hydrogen (secondary N) is 1. The number of thioether (sulfide) groups is 1. The van der Waals surface area contributed by atoms with Crippen molar-refractivity contribution in [2.45, 2.75) is 22.1 Å². The SMILES string of the molecule is Cc1cc2c(cc1Cl)SC(c1ccc(Br)cc1)NS2(=O)=O. The van der Waals surface area contributed by atoms with E-state index in [2.05, 4.69) is 20.7 Å². The monoisotopic (exact) mass is 403 g/mol. The standard InChI is InChI=1S/C14H11BrClNO2S2/c1-8-6-13-12(7-11(8)16)20-14(17-21(13,18)19)9-2-4-10(15)5-3-9/h2-7,14,17H,1H3. The molecule has 0 amide bonds. The largest absolute Gasteiger partial charge is 0.242 e. The third-order valence-corrected chi connectivity index (χ3v) is 7.09. The Hall–Kier alpha value is -0.530. The van der Waals surface area contributed by atoms with Crippen LogP contribution in [0.15, 0.2) is 50.7 Å². The molecule has 0 aromatic heterocycles. The van der Waals surface area contributed by atoms with Gasteiger partial charge in [0.25, 0.3) is 0 Å². The first kappa shape index (κ1) is 15.4. The third-order valence-electron chi connectivity index (χ3n) is 3.19. The minimum atomic E-state index is -3.53. The number of sulfonamides is 1. The van der Waals surface area contributed by atoms with E-state index in [9.17, 15) is 8.42 Å². The molecule has 3 nitrogen and oxygen atoms in total. The Morgan fingerprint density at radius 2 is 1.90 bits per heavy atom. The Balaban J connectivity index is 2.07. The Kier molecular flexibility index (Phi) is 4.09. The quantitative estimate of drug-likeness (QED) is 0.761. The summed E-state index contributed by atoms with van der Waals surface area (Å²) >= 11 is 10.9. The highest BCUT2D eigenvalue weighted by Crippen LogP contribution is 2.43. The van der Waals surface area contributed by atoms with Gasteiger partial charge in [0, 0.05) is 14.4 Å². The van der Waals surface area contributed by atoms with E-state index in [1.54, 1.807) is 19.1 Å². The highest BCUT2D eigenvalue weighted by molar-refractivity contribution is 9.10. The van der Waals surface area contributed by atoms with Crippen molar-refractivity contribution in [3.63, 3.8) is 0 Å². The first-order chi connectivity index (χ1) is 9.87. The number of hydrogen-bond donors (Lipinski definition) is 1. The minimum Gasteiger partial charge on any atom is -0.207 e. The molecule has 1 unspecified atom stereocenters. The lowest BCUT2D eigenvalue weighted by molar-refractivity contribution is 0.575. The molecule has 7 heteroatoms. The lowest BCUT2D eigenvalue weighted by Crippen LogP contribution is -2.30. The predicted molar refractivity (Wildman–Crippen MR) is 89.3 cm³/mol. The average molecular weight is 405 g/mol. The molecule has 1 N–H and O–H groups in total. The maximum Gasteiger partial charge on any atom is 0.242 e. The number of fused-ring (bicyclic) bond motifs is 1. The highest BCUT2D eigenvalue weighted by Gasteiger charge is 2.31. The van der Waals surface area contributed by atoms with Crippen molar-refractivity contribution in [3.05, 3.63) is 57.0 Å². The summed E-state index contributed by atoms with van der Waals surface area (Å²) in [4.78, 5) is 0.972. The van der Waals surface area contributed by atoms with E-state index in [0.717, 1.165) is 15.6 Å². The van der Waals surface area contributed by atoms with E-state index in [1.807, 2.05) is 24.3 Å². The molecule has 0 aliphatic carbocycles. The number of halogens is 2. The topological polar surface area (TPSA) is 46.2 Å². The Bertz CT molecular complexity index is 806. The molecule has 0 radical (unpaired) electrons. The van der Waals surface area contributed by atoms with Gasteiger partial charge in [-0.05, 0) is 42.3 Å². The molecular formula is C14H11BrClNO2S2. The van der Waals surface area contributed by atoms with Crippen LogP contribution in [0.2, 0.25) is 5.02 Å². The highest BCUT2D eigenvalue weighted by atomic mass is 79.9. The number of benzene rings is 2.